The Hall–Kier alpha value is -6.84. The van der Waals surface area contributed by atoms with Gasteiger partial charge >= 0.3 is 0 Å². The molecule has 0 amide bonds. The van der Waals surface area contributed by atoms with Crippen LogP contribution in [0.1, 0.15) is 138 Å². The molecule has 382 valence electrons. The van der Waals surface area contributed by atoms with Crippen molar-refractivity contribution in [2.45, 2.75) is 126 Å². The number of rotatable bonds is 8. The Morgan fingerprint density at radius 3 is 1.29 bits per heavy atom. The van der Waals surface area contributed by atoms with Gasteiger partial charge in [-0.2, -0.15) is 0 Å². The Kier molecular flexibility index (Phi) is 9.33. The van der Waals surface area contributed by atoms with Crippen LogP contribution in [0.2, 0.25) is 0 Å². The van der Waals surface area contributed by atoms with Gasteiger partial charge in [-0.05, 0) is 252 Å². The van der Waals surface area contributed by atoms with Crippen LogP contribution < -0.4 is 9.80 Å². The number of fused-ring (bicyclic) bond motifs is 11. The van der Waals surface area contributed by atoms with Gasteiger partial charge in [0, 0.05) is 67.9 Å². The summed E-state index contributed by atoms with van der Waals surface area (Å²) in [7, 11) is 0. The maximum Gasteiger partial charge on any atom is 0.137 e. The second-order valence-electron chi connectivity index (χ2n) is 27.3. The molecule has 0 aliphatic heterocycles. The summed E-state index contributed by atoms with van der Waals surface area (Å²) < 4.78 is 7.14. The fourth-order valence-corrected chi connectivity index (χ4v) is 19.3. The van der Waals surface area contributed by atoms with Crippen molar-refractivity contribution in [3.05, 3.63) is 203 Å². The van der Waals surface area contributed by atoms with E-state index in [1.165, 1.54) is 144 Å². The van der Waals surface area contributed by atoms with Gasteiger partial charge in [-0.1, -0.05) is 113 Å². The fourth-order valence-electron chi connectivity index (χ4n) is 19.3. The monoisotopic (exact) mass is 1000 g/mol. The van der Waals surface area contributed by atoms with E-state index in [2.05, 4.69) is 207 Å². The first kappa shape index (κ1) is 45.2. The number of nitrogens with zero attached hydrogens (tertiary/aromatic N) is 2. The van der Waals surface area contributed by atoms with Crippen molar-refractivity contribution in [1.82, 2.24) is 0 Å². The van der Waals surface area contributed by atoms with E-state index < -0.39 is 0 Å². The smallest absolute Gasteiger partial charge is 0.137 e. The number of hydrogen-bond donors (Lipinski definition) is 0. The van der Waals surface area contributed by atoms with Crippen LogP contribution in [-0.2, 0) is 21.7 Å². The van der Waals surface area contributed by atoms with Crippen LogP contribution in [-0.4, -0.2) is 0 Å². The zero-order valence-corrected chi connectivity index (χ0v) is 45.4. The summed E-state index contributed by atoms with van der Waals surface area (Å²) in [6.07, 6.45) is 17.0. The number of furan rings is 1. The number of anilines is 6. The molecule has 77 heavy (non-hydrogen) atoms. The van der Waals surface area contributed by atoms with E-state index in [0.717, 1.165) is 68.8 Å². The van der Waals surface area contributed by atoms with E-state index >= 15 is 0 Å². The van der Waals surface area contributed by atoms with E-state index in [9.17, 15) is 0 Å². The predicted octanol–water partition coefficient (Wildman–Crippen LogP) is 20.1. The molecule has 3 nitrogen and oxygen atoms in total. The molecule has 9 aliphatic rings. The van der Waals surface area contributed by atoms with Crippen molar-refractivity contribution in [3.63, 3.8) is 0 Å². The fraction of sp³-hybridized carbons (Fsp3) is 0.351. The first-order chi connectivity index (χ1) is 37.5. The highest BCUT2D eigenvalue weighted by Gasteiger charge is 2.53. The van der Waals surface area contributed by atoms with Crippen molar-refractivity contribution in [2.75, 3.05) is 9.80 Å². The van der Waals surface area contributed by atoms with E-state index in [-0.39, 0.29) is 10.8 Å². The molecule has 9 aliphatic carbocycles. The van der Waals surface area contributed by atoms with E-state index in [4.69, 9.17) is 4.42 Å². The molecular formula is C74H70N2O. The van der Waals surface area contributed by atoms with Gasteiger partial charge < -0.3 is 14.2 Å². The minimum atomic E-state index is -0.110. The Bertz CT molecular complexity index is 3660. The molecular weight excluding hydrogens is 933 g/mol. The molecule has 0 N–H and O–H groups in total. The lowest BCUT2D eigenvalue weighted by atomic mass is 9.48. The molecule has 4 unspecified atom stereocenters. The van der Waals surface area contributed by atoms with Crippen molar-refractivity contribution < 1.29 is 4.42 Å². The topological polar surface area (TPSA) is 19.6 Å². The van der Waals surface area contributed by atoms with Gasteiger partial charge in [0.2, 0.25) is 0 Å². The van der Waals surface area contributed by atoms with Crippen LogP contribution >= 0.6 is 0 Å². The lowest BCUT2D eigenvalue weighted by molar-refractivity contribution is -0.00518. The minimum Gasteiger partial charge on any atom is -0.456 e. The molecule has 0 saturated heterocycles. The third-order valence-corrected chi connectivity index (χ3v) is 22.4. The summed E-state index contributed by atoms with van der Waals surface area (Å²) >= 11 is 0. The largest absolute Gasteiger partial charge is 0.456 e. The van der Waals surface area contributed by atoms with Gasteiger partial charge in [0.25, 0.3) is 0 Å². The van der Waals surface area contributed by atoms with Crippen LogP contribution in [0.25, 0.3) is 44.2 Å². The molecule has 18 rings (SSSR count). The molecule has 0 radical (unpaired) electrons. The standard InChI is InChI=1S/C74H70N2O/c1-71(2)65-11-7-5-9-59(65)61-25-21-55(36-67(61)71)75(53-17-13-51(14-18-53)73-30-29-49-34-48(40-73)35-50(49)44-73)57-23-27-63-64-28-24-58(39-70(64)77-69(63)38-57)76(56-22-26-62-60-10-6-8-12-66(60)72(3,4)68(62)37-56)54-19-15-52(16-20-54)74-41-45-31-46(42-74)33-47(32-45)43-74/h5-28,36-39,45-50H,29-35,40-44H2,1-4H3. The van der Waals surface area contributed by atoms with Gasteiger partial charge in [0.05, 0.1) is 0 Å². The molecule has 1 aromatic heterocycles. The van der Waals surface area contributed by atoms with Gasteiger partial charge in [0.15, 0.2) is 0 Å². The Morgan fingerprint density at radius 2 is 0.766 bits per heavy atom. The van der Waals surface area contributed by atoms with Crippen LogP contribution in [0.3, 0.4) is 0 Å². The average Bonchev–Trinajstić information content (AvgIpc) is 4.12. The van der Waals surface area contributed by atoms with Crippen LogP contribution in [0.4, 0.5) is 34.1 Å². The normalized spacial score (nSPS) is 27.9. The van der Waals surface area contributed by atoms with Crippen LogP contribution in [0.15, 0.2) is 174 Å². The molecule has 4 atom stereocenters. The van der Waals surface area contributed by atoms with Gasteiger partial charge in [-0.25, -0.2) is 0 Å². The van der Waals surface area contributed by atoms with E-state index in [1.807, 2.05) is 0 Å². The predicted molar refractivity (Wildman–Crippen MR) is 318 cm³/mol. The molecule has 9 aromatic rings. The average molecular weight is 1000 g/mol. The van der Waals surface area contributed by atoms with Crippen LogP contribution in [0.5, 0.6) is 0 Å². The SMILES string of the molecule is CC1(C)c2ccccc2-c2ccc(N(c3ccc(C45CC6CC(CC(C6)C4)C5)cc3)c3ccc4c(c3)oc3cc(N(c5ccc(C67CCC8CC(CC8C6)C7)cc5)c5ccc6c(c5)C(C)(C)c5ccccc5-6)ccc34)cc21. The molecule has 7 fully saturated rings. The van der Waals surface area contributed by atoms with Gasteiger partial charge in [0.1, 0.15) is 11.2 Å². The highest BCUT2D eigenvalue weighted by Crippen LogP contribution is 2.63. The summed E-state index contributed by atoms with van der Waals surface area (Å²) in [4.78, 5) is 4.98. The van der Waals surface area contributed by atoms with Crippen molar-refractivity contribution in [3.8, 4) is 22.3 Å². The first-order valence-corrected chi connectivity index (χ1v) is 29.7. The second kappa shape index (κ2) is 15.9. The van der Waals surface area contributed by atoms with Crippen molar-refractivity contribution in [1.29, 1.82) is 0 Å². The summed E-state index contributed by atoms with van der Waals surface area (Å²) in [5, 5.41) is 2.28. The zero-order chi connectivity index (χ0) is 51.2. The lowest BCUT2D eigenvalue weighted by Gasteiger charge is -2.57. The maximum atomic E-state index is 7.14. The Morgan fingerprint density at radius 1 is 0.364 bits per heavy atom. The summed E-state index contributed by atoms with van der Waals surface area (Å²) in [5.41, 5.74) is 23.3. The van der Waals surface area contributed by atoms with Crippen LogP contribution in [0, 0.1) is 35.5 Å². The highest BCUT2D eigenvalue weighted by atomic mass is 16.3. The number of benzene rings is 8. The highest BCUT2D eigenvalue weighted by molar-refractivity contribution is 6.07. The van der Waals surface area contributed by atoms with Gasteiger partial charge in [-0.3, -0.25) is 0 Å². The summed E-state index contributed by atoms with van der Waals surface area (Å²) in [6.45, 7) is 9.57. The molecule has 1 heterocycles. The Balaban J connectivity index is 0.773. The summed E-state index contributed by atoms with van der Waals surface area (Å²) in [5.74, 6) is 5.57. The molecule has 7 bridgehead atoms. The molecule has 3 heteroatoms. The molecule has 7 saturated carbocycles. The van der Waals surface area contributed by atoms with Gasteiger partial charge in [-0.15, -0.1) is 0 Å². The van der Waals surface area contributed by atoms with Crippen molar-refractivity contribution >= 4 is 56.1 Å². The van der Waals surface area contributed by atoms with E-state index in [1.54, 1.807) is 11.1 Å². The summed E-state index contributed by atoms with van der Waals surface area (Å²) in [6, 6.07) is 66.0. The zero-order valence-electron chi connectivity index (χ0n) is 45.4. The first-order valence-electron chi connectivity index (χ1n) is 29.7. The Labute approximate surface area is 455 Å². The third-order valence-electron chi connectivity index (χ3n) is 22.4. The molecule has 0 spiro atoms. The second-order valence-corrected chi connectivity index (χ2v) is 27.3. The van der Waals surface area contributed by atoms with Crippen molar-refractivity contribution in [2.24, 2.45) is 35.5 Å². The third kappa shape index (κ3) is 6.55. The quantitative estimate of drug-likeness (QED) is 0.151. The molecule has 8 aromatic carbocycles. The lowest BCUT2D eigenvalue weighted by Crippen LogP contribution is -2.48. The maximum absolute atomic E-state index is 7.14. The number of hydrogen-bond acceptors (Lipinski definition) is 3. The van der Waals surface area contributed by atoms with E-state index in [0.29, 0.717) is 10.8 Å². The minimum absolute atomic E-state index is 0.109.